The molecule has 0 saturated carbocycles. The van der Waals surface area contributed by atoms with E-state index in [4.69, 9.17) is 0 Å². The molecule has 31 valence electrons. The molecule has 2 heteroatoms. The van der Waals surface area contributed by atoms with Gasteiger partial charge in [-0.1, -0.05) is 19.6 Å². The van der Waals surface area contributed by atoms with E-state index >= 15 is 0 Å². The molecule has 0 nitrogen and oxygen atoms in total. The van der Waals surface area contributed by atoms with Crippen molar-refractivity contribution >= 4 is 12.6 Å². The Morgan fingerprint density at radius 1 is 2.00 bits per heavy atom. The quantitative estimate of drug-likeness (QED) is 0.464. The molecule has 0 aliphatic carbocycles. The van der Waals surface area contributed by atoms with Gasteiger partial charge in [-0.2, -0.15) is 0 Å². The van der Waals surface area contributed by atoms with Crippen LogP contribution >= 0.6 is 12.6 Å². The van der Waals surface area contributed by atoms with E-state index in [1.165, 1.54) is 0 Å². The van der Waals surface area contributed by atoms with Crippen LogP contribution in [-0.2, 0) is 0 Å². The van der Waals surface area contributed by atoms with Gasteiger partial charge in [-0.25, -0.2) is 4.39 Å². The van der Waals surface area contributed by atoms with Crippen molar-refractivity contribution in [2.75, 3.05) is 0 Å². The van der Waals surface area contributed by atoms with Crippen molar-refractivity contribution in [3.8, 4) is 0 Å². The maximum atomic E-state index is 11.2. The fraction of sp³-hybridized carbons (Fsp3) is 1.00. The fourth-order valence-electron chi connectivity index (χ4n) is 0. The zero-order valence-electron chi connectivity index (χ0n) is 3.07. The van der Waals surface area contributed by atoms with Crippen molar-refractivity contribution in [2.45, 2.75) is 18.8 Å². The van der Waals surface area contributed by atoms with Crippen LogP contribution in [0.2, 0.25) is 0 Å². The molecule has 5 heavy (non-hydrogen) atoms. The van der Waals surface area contributed by atoms with Crippen LogP contribution in [0.25, 0.3) is 0 Å². The molecule has 0 fully saturated rings. The van der Waals surface area contributed by atoms with Gasteiger partial charge in [0.1, 0.15) is 0 Å². The Morgan fingerprint density at radius 3 is 2.20 bits per heavy atom. The number of halogens is 1. The van der Waals surface area contributed by atoms with E-state index in [-0.39, 0.29) is 0 Å². The van der Waals surface area contributed by atoms with Gasteiger partial charge < -0.3 is 0 Å². The van der Waals surface area contributed by atoms with Crippen LogP contribution in [0.5, 0.6) is 0 Å². The van der Waals surface area contributed by atoms with Crippen LogP contribution in [-0.4, -0.2) is 5.50 Å². The minimum atomic E-state index is -1.03. The Kier molecular flexibility index (Phi) is 2.65. The average Bonchev–Trinajstić information content (AvgIpc) is 1.38. The second-order valence-electron chi connectivity index (χ2n) is 0.818. The first-order chi connectivity index (χ1) is 2.27. The summed E-state index contributed by atoms with van der Waals surface area (Å²) in [5.74, 6) is 0. The van der Waals surface area contributed by atoms with Gasteiger partial charge in [-0.15, -0.1) is 0 Å². The van der Waals surface area contributed by atoms with Crippen LogP contribution in [0.15, 0.2) is 0 Å². The average molecular weight is 93.1 g/mol. The van der Waals surface area contributed by atoms with Gasteiger partial charge in [0.2, 0.25) is 0 Å². The summed E-state index contributed by atoms with van der Waals surface area (Å²) < 4.78 is 11.2. The van der Waals surface area contributed by atoms with Crippen LogP contribution in [0.3, 0.4) is 0 Å². The Morgan fingerprint density at radius 2 is 2.20 bits per heavy atom. The molecule has 0 rings (SSSR count). The molecule has 0 aliphatic rings. The zero-order valence-corrected chi connectivity index (χ0v) is 3.89. The van der Waals surface area contributed by atoms with Crippen LogP contribution in [0.4, 0.5) is 4.39 Å². The maximum Gasteiger partial charge on any atom is 0.155 e. The molecule has 1 atom stereocenters. The minimum absolute atomic E-state index is 0.454. The van der Waals surface area contributed by atoms with Crippen molar-refractivity contribution in [3.05, 3.63) is 0 Å². The Hall–Kier alpha value is 0.280. The molecule has 0 amide bonds. The van der Waals surface area contributed by atoms with E-state index in [2.05, 4.69) is 12.6 Å². The van der Waals surface area contributed by atoms with E-state index in [0.717, 1.165) is 0 Å². The molecule has 0 spiro atoms. The standard InChI is InChI=1S/C3H6FS/c1-2-3(4)5/h3H,2H2,1H3/t3-/m1/s1. The third-order valence-corrected chi connectivity index (χ3v) is 0.654. The second kappa shape index (κ2) is 2.51. The Bertz CT molecular complexity index is 20.9. The number of rotatable bonds is 1. The molecular formula is C3H6FS. The van der Waals surface area contributed by atoms with Gasteiger partial charge in [-0.05, 0) is 6.42 Å². The summed E-state index contributed by atoms with van der Waals surface area (Å²) in [6.45, 7) is 1.72. The molecule has 0 aliphatic heterocycles. The van der Waals surface area contributed by atoms with Gasteiger partial charge in [0.15, 0.2) is 5.50 Å². The fourth-order valence-corrected chi connectivity index (χ4v) is 0. The number of alkyl halides is 1. The smallest absolute Gasteiger partial charge is 0.155 e. The second-order valence-corrected chi connectivity index (χ2v) is 1.33. The highest BCUT2D eigenvalue weighted by Gasteiger charge is 1.88. The lowest BCUT2D eigenvalue weighted by atomic mass is 10.6. The topological polar surface area (TPSA) is 0 Å². The number of hydrogen-bond donors (Lipinski definition) is 0. The lowest BCUT2D eigenvalue weighted by molar-refractivity contribution is 0.446. The highest BCUT2D eigenvalue weighted by molar-refractivity contribution is 7.80. The van der Waals surface area contributed by atoms with Crippen molar-refractivity contribution in [1.29, 1.82) is 0 Å². The van der Waals surface area contributed by atoms with Gasteiger partial charge in [0.05, 0.1) is 0 Å². The maximum absolute atomic E-state index is 11.2. The molecule has 0 heterocycles. The van der Waals surface area contributed by atoms with Crippen molar-refractivity contribution in [2.24, 2.45) is 0 Å². The molecule has 0 N–H and O–H groups in total. The van der Waals surface area contributed by atoms with Crippen LogP contribution < -0.4 is 0 Å². The third kappa shape index (κ3) is 4.28. The summed E-state index contributed by atoms with van der Waals surface area (Å²) in [4.78, 5) is 0. The van der Waals surface area contributed by atoms with E-state index in [0.29, 0.717) is 6.42 Å². The normalized spacial score (nSPS) is 15.0. The first kappa shape index (κ1) is 5.28. The summed E-state index contributed by atoms with van der Waals surface area (Å²) in [5, 5.41) is 0. The molecule has 0 unspecified atom stereocenters. The van der Waals surface area contributed by atoms with E-state index < -0.39 is 5.50 Å². The largest absolute Gasteiger partial charge is 0.235 e. The van der Waals surface area contributed by atoms with Gasteiger partial charge in [0.25, 0.3) is 0 Å². The molecule has 0 bridgehead atoms. The molecule has 0 aromatic carbocycles. The van der Waals surface area contributed by atoms with Gasteiger partial charge >= 0.3 is 0 Å². The van der Waals surface area contributed by atoms with Crippen molar-refractivity contribution < 1.29 is 4.39 Å². The molecule has 1 radical (unpaired) electrons. The predicted octanol–water partition coefficient (Wildman–Crippen LogP) is 1.89. The Labute approximate surface area is 36.8 Å². The third-order valence-electron chi connectivity index (χ3n) is 0.321. The molecule has 0 aromatic heterocycles. The summed E-state index contributed by atoms with van der Waals surface area (Å²) in [6.07, 6.45) is 0.454. The summed E-state index contributed by atoms with van der Waals surface area (Å²) in [6, 6.07) is 0. The zero-order chi connectivity index (χ0) is 4.28. The van der Waals surface area contributed by atoms with E-state index in [1.54, 1.807) is 6.92 Å². The molecule has 0 saturated heterocycles. The predicted molar refractivity (Wildman–Crippen MR) is 22.8 cm³/mol. The van der Waals surface area contributed by atoms with Crippen molar-refractivity contribution in [1.82, 2.24) is 0 Å². The first-order valence-corrected chi connectivity index (χ1v) is 2.04. The highest BCUT2D eigenvalue weighted by Crippen LogP contribution is 1.98. The van der Waals surface area contributed by atoms with E-state index in [9.17, 15) is 4.39 Å². The number of hydrogen-bond acceptors (Lipinski definition) is 0. The summed E-state index contributed by atoms with van der Waals surface area (Å²) >= 11 is 4.11. The SMILES string of the molecule is CC[C@H](F)[S]. The first-order valence-electron chi connectivity index (χ1n) is 1.57. The molecular weight excluding hydrogens is 87.1 g/mol. The van der Waals surface area contributed by atoms with Gasteiger partial charge in [0, 0.05) is 0 Å². The lowest BCUT2D eigenvalue weighted by Gasteiger charge is -1.83. The summed E-state index contributed by atoms with van der Waals surface area (Å²) in [7, 11) is 0. The highest BCUT2D eigenvalue weighted by atomic mass is 32.1. The van der Waals surface area contributed by atoms with Gasteiger partial charge in [-0.3, -0.25) is 0 Å². The van der Waals surface area contributed by atoms with E-state index in [1.807, 2.05) is 0 Å². The minimum Gasteiger partial charge on any atom is -0.235 e. The molecule has 0 aromatic rings. The lowest BCUT2D eigenvalue weighted by Crippen LogP contribution is -1.78. The monoisotopic (exact) mass is 93.0 g/mol. The summed E-state index contributed by atoms with van der Waals surface area (Å²) in [5.41, 5.74) is -1.03. The Balaban J connectivity index is 2.54. The van der Waals surface area contributed by atoms with Crippen molar-refractivity contribution in [3.63, 3.8) is 0 Å². The van der Waals surface area contributed by atoms with Crippen LogP contribution in [0, 0.1) is 0 Å². The van der Waals surface area contributed by atoms with Crippen LogP contribution in [0.1, 0.15) is 13.3 Å².